The predicted molar refractivity (Wildman–Crippen MR) is 73.6 cm³/mol. The van der Waals surface area contributed by atoms with Crippen molar-refractivity contribution in [2.45, 2.75) is 13.3 Å². The van der Waals surface area contributed by atoms with Crippen LogP contribution in [0, 0.1) is 0 Å². The quantitative estimate of drug-likeness (QED) is 0.931. The molecule has 4 nitrogen and oxygen atoms in total. The fourth-order valence-electron chi connectivity index (χ4n) is 1.57. The normalized spacial score (nSPS) is 9.53. The predicted octanol–water partition coefficient (Wildman–Crippen LogP) is 2.08. The monoisotopic (exact) mass is 277 g/mol. The Labute approximate surface area is 113 Å². The first-order valence-electron chi connectivity index (χ1n) is 5.14. The van der Waals surface area contributed by atoms with E-state index < -0.39 is 0 Å². The Kier molecular flexibility index (Phi) is 6.95. The molecule has 0 amide bonds. The van der Waals surface area contributed by atoms with Gasteiger partial charge in [0, 0.05) is 18.8 Å². The lowest BCUT2D eigenvalue weighted by Crippen LogP contribution is -2.02. The van der Waals surface area contributed by atoms with Crippen LogP contribution in [-0.4, -0.2) is 22.5 Å². The Bertz CT molecular complexity index is 459. The van der Waals surface area contributed by atoms with E-state index in [2.05, 4.69) is 4.98 Å². The number of ether oxygens (including phenoxy) is 1. The summed E-state index contributed by atoms with van der Waals surface area (Å²) in [5, 5.41) is 0. The number of nitrogens with zero attached hydrogens (tertiary/aromatic N) is 2. The molecule has 2 heterocycles. The number of fused-ring (bicyclic) bond motifs is 1. The van der Waals surface area contributed by atoms with E-state index in [1.165, 1.54) is 0 Å². The molecular weight excluding hydrogens is 261 g/mol. The van der Waals surface area contributed by atoms with Gasteiger partial charge in [-0.1, -0.05) is 0 Å². The minimum absolute atomic E-state index is 0. The van der Waals surface area contributed by atoms with Gasteiger partial charge in [-0.15, -0.1) is 24.8 Å². The molecule has 0 radical (unpaired) electrons. The largest absolute Gasteiger partial charge is 0.490 e. The number of hydrogen-bond acceptors (Lipinski definition) is 3. The minimum Gasteiger partial charge on any atom is -0.490 e. The number of halogens is 2. The Hall–Kier alpha value is -0.970. The Balaban J connectivity index is 0.00000128. The molecule has 0 saturated heterocycles. The topological polar surface area (TPSA) is 52.5 Å². The Morgan fingerprint density at radius 3 is 2.82 bits per heavy atom. The summed E-state index contributed by atoms with van der Waals surface area (Å²) in [6, 6.07) is 3.88. The number of aromatic nitrogens is 2. The number of imidazole rings is 1. The van der Waals surface area contributed by atoms with Gasteiger partial charge in [-0.3, -0.25) is 0 Å². The summed E-state index contributed by atoms with van der Waals surface area (Å²) < 4.78 is 7.46. The van der Waals surface area contributed by atoms with E-state index in [-0.39, 0.29) is 24.8 Å². The van der Waals surface area contributed by atoms with Crippen molar-refractivity contribution in [1.82, 2.24) is 9.38 Å². The first-order valence-corrected chi connectivity index (χ1v) is 5.14. The molecule has 2 rings (SSSR count). The molecule has 96 valence electrons. The highest BCUT2D eigenvalue weighted by Crippen LogP contribution is 2.18. The lowest BCUT2D eigenvalue weighted by atomic mass is 10.3. The van der Waals surface area contributed by atoms with Crippen molar-refractivity contribution in [3.8, 4) is 5.75 Å². The highest BCUT2D eigenvalue weighted by Gasteiger charge is 2.05. The van der Waals surface area contributed by atoms with Crippen LogP contribution in [0.25, 0.3) is 5.65 Å². The smallest absolute Gasteiger partial charge is 0.179 e. The van der Waals surface area contributed by atoms with Crippen LogP contribution in [0.1, 0.15) is 12.6 Å². The van der Waals surface area contributed by atoms with E-state index in [9.17, 15) is 0 Å². The van der Waals surface area contributed by atoms with Crippen LogP contribution in [0.5, 0.6) is 5.75 Å². The summed E-state index contributed by atoms with van der Waals surface area (Å²) in [6.07, 6.45) is 4.75. The van der Waals surface area contributed by atoms with Gasteiger partial charge < -0.3 is 14.9 Å². The average molecular weight is 278 g/mol. The van der Waals surface area contributed by atoms with E-state index in [4.69, 9.17) is 10.5 Å². The molecule has 0 aromatic carbocycles. The molecule has 2 aromatic heterocycles. The molecule has 0 aliphatic rings. The van der Waals surface area contributed by atoms with Crippen LogP contribution in [0.15, 0.2) is 24.5 Å². The van der Waals surface area contributed by atoms with Gasteiger partial charge in [0.05, 0.1) is 12.3 Å². The molecule has 0 bridgehead atoms. The van der Waals surface area contributed by atoms with Gasteiger partial charge in [-0.2, -0.15) is 0 Å². The summed E-state index contributed by atoms with van der Waals surface area (Å²) in [7, 11) is 0. The van der Waals surface area contributed by atoms with Crippen molar-refractivity contribution in [3.05, 3.63) is 30.2 Å². The van der Waals surface area contributed by atoms with Crippen molar-refractivity contribution >= 4 is 30.5 Å². The zero-order chi connectivity index (χ0) is 10.7. The zero-order valence-corrected chi connectivity index (χ0v) is 11.3. The van der Waals surface area contributed by atoms with Crippen LogP contribution in [0.3, 0.4) is 0 Å². The molecule has 0 aliphatic heterocycles. The fraction of sp³-hybridized carbons (Fsp3) is 0.364. The summed E-state index contributed by atoms with van der Waals surface area (Å²) in [5.74, 6) is 0.822. The zero-order valence-electron chi connectivity index (χ0n) is 9.63. The molecule has 2 aromatic rings. The standard InChI is InChI=1S/C11H15N3O.2ClH/c1-2-15-10-4-3-7-14-8-9(5-6-12)13-11(10)14;;/h3-4,7-8H,2,5-6,12H2,1H3;2*1H. The summed E-state index contributed by atoms with van der Waals surface area (Å²) in [6.45, 7) is 3.24. The molecule has 0 unspecified atom stereocenters. The number of pyridine rings is 1. The molecule has 0 saturated carbocycles. The van der Waals surface area contributed by atoms with E-state index in [1.54, 1.807) is 0 Å². The molecule has 6 heteroatoms. The van der Waals surface area contributed by atoms with Crippen molar-refractivity contribution in [2.24, 2.45) is 5.73 Å². The van der Waals surface area contributed by atoms with Crippen LogP contribution in [0.4, 0.5) is 0 Å². The maximum absolute atomic E-state index is 5.50. The van der Waals surface area contributed by atoms with Crippen molar-refractivity contribution in [3.63, 3.8) is 0 Å². The van der Waals surface area contributed by atoms with Crippen molar-refractivity contribution < 1.29 is 4.74 Å². The third-order valence-electron chi connectivity index (χ3n) is 2.20. The highest BCUT2D eigenvalue weighted by atomic mass is 35.5. The van der Waals surface area contributed by atoms with Gasteiger partial charge in [0.25, 0.3) is 0 Å². The van der Waals surface area contributed by atoms with Gasteiger partial charge in [0.1, 0.15) is 0 Å². The third-order valence-corrected chi connectivity index (χ3v) is 2.20. The first kappa shape index (κ1) is 16.0. The molecule has 0 aliphatic carbocycles. The van der Waals surface area contributed by atoms with Gasteiger partial charge >= 0.3 is 0 Å². The third kappa shape index (κ3) is 3.49. The van der Waals surface area contributed by atoms with E-state index in [0.29, 0.717) is 13.2 Å². The second-order valence-corrected chi connectivity index (χ2v) is 3.31. The highest BCUT2D eigenvalue weighted by molar-refractivity contribution is 5.85. The van der Waals surface area contributed by atoms with E-state index in [0.717, 1.165) is 23.5 Å². The minimum atomic E-state index is 0. The van der Waals surface area contributed by atoms with Crippen molar-refractivity contribution in [1.29, 1.82) is 0 Å². The molecule has 0 fully saturated rings. The Morgan fingerprint density at radius 2 is 2.18 bits per heavy atom. The maximum atomic E-state index is 5.50. The lowest BCUT2D eigenvalue weighted by molar-refractivity contribution is 0.342. The number of rotatable bonds is 4. The molecular formula is C11H17Cl2N3O. The van der Waals surface area contributed by atoms with Crippen LogP contribution in [0.2, 0.25) is 0 Å². The van der Waals surface area contributed by atoms with E-state index >= 15 is 0 Å². The van der Waals surface area contributed by atoms with Gasteiger partial charge in [-0.25, -0.2) is 4.98 Å². The molecule has 0 spiro atoms. The van der Waals surface area contributed by atoms with Crippen LogP contribution < -0.4 is 10.5 Å². The first-order chi connectivity index (χ1) is 7.35. The molecule has 17 heavy (non-hydrogen) atoms. The number of nitrogens with two attached hydrogens (primary N) is 1. The van der Waals surface area contributed by atoms with E-state index in [1.807, 2.05) is 35.9 Å². The number of hydrogen-bond donors (Lipinski definition) is 1. The lowest BCUT2D eigenvalue weighted by Gasteiger charge is -2.03. The second-order valence-electron chi connectivity index (χ2n) is 3.31. The summed E-state index contributed by atoms with van der Waals surface area (Å²) >= 11 is 0. The SMILES string of the molecule is CCOc1cccn2cc(CCN)nc12.Cl.Cl. The molecule has 2 N–H and O–H groups in total. The average Bonchev–Trinajstić information content (AvgIpc) is 2.62. The van der Waals surface area contributed by atoms with Gasteiger partial charge in [0.15, 0.2) is 11.4 Å². The second kappa shape index (κ2) is 7.37. The van der Waals surface area contributed by atoms with Gasteiger partial charge in [-0.05, 0) is 25.6 Å². The van der Waals surface area contributed by atoms with Crippen LogP contribution in [-0.2, 0) is 6.42 Å². The summed E-state index contributed by atoms with van der Waals surface area (Å²) in [4.78, 5) is 4.48. The Morgan fingerprint density at radius 1 is 1.41 bits per heavy atom. The molecule has 0 atom stereocenters. The fourth-order valence-corrected chi connectivity index (χ4v) is 1.57. The van der Waals surface area contributed by atoms with Crippen LogP contribution >= 0.6 is 24.8 Å². The van der Waals surface area contributed by atoms with Gasteiger partial charge in [0.2, 0.25) is 0 Å². The maximum Gasteiger partial charge on any atom is 0.179 e. The summed E-state index contributed by atoms with van der Waals surface area (Å²) in [5.41, 5.74) is 7.37. The van der Waals surface area contributed by atoms with Crippen molar-refractivity contribution in [2.75, 3.05) is 13.2 Å².